The van der Waals surface area contributed by atoms with Crippen molar-refractivity contribution < 1.29 is 5.11 Å². The summed E-state index contributed by atoms with van der Waals surface area (Å²) in [5, 5.41) is 13.5. The van der Waals surface area contributed by atoms with Gasteiger partial charge < -0.3 is 10.4 Å². The molecule has 0 amide bonds. The lowest BCUT2D eigenvalue weighted by Gasteiger charge is -2.10. The van der Waals surface area contributed by atoms with Crippen LogP contribution in [0.3, 0.4) is 0 Å². The fourth-order valence-electron chi connectivity index (χ4n) is 1.68. The second-order valence-electron chi connectivity index (χ2n) is 4.10. The zero-order valence-corrected chi connectivity index (χ0v) is 12.2. The zero-order chi connectivity index (χ0) is 13.1. The molecule has 0 saturated carbocycles. The summed E-state index contributed by atoms with van der Waals surface area (Å²) in [6.45, 7) is 2.71. The predicted molar refractivity (Wildman–Crippen MR) is 79.3 cm³/mol. The molecule has 0 aliphatic carbocycles. The van der Waals surface area contributed by atoms with E-state index >= 15 is 0 Å². The Kier molecular flexibility index (Phi) is 4.15. The summed E-state index contributed by atoms with van der Waals surface area (Å²) in [5.41, 5.74) is 3.26. The Morgan fingerprint density at radius 3 is 2.67 bits per heavy atom. The molecule has 2 N–H and O–H groups in total. The summed E-state index contributed by atoms with van der Waals surface area (Å²) in [6, 6.07) is 11.2. The van der Waals surface area contributed by atoms with Gasteiger partial charge in [0.05, 0.1) is 4.47 Å². The quantitative estimate of drug-likeness (QED) is 0.854. The van der Waals surface area contributed by atoms with Crippen LogP contribution >= 0.6 is 27.5 Å². The lowest BCUT2D eigenvalue weighted by Crippen LogP contribution is -2.00. The van der Waals surface area contributed by atoms with Gasteiger partial charge in [0.1, 0.15) is 5.75 Å². The summed E-state index contributed by atoms with van der Waals surface area (Å²) in [6.07, 6.45) is 0. The molecule has 0 saturated heterocycles. The highest BCUT2D eigenvalue weighted by Crippen LogP contribution is 2.25. The number of benzene rings is 2. The number of aromatic hydroxyl groups is 1. The standard InChI is InChI=1S/C14H13BrClNO/c1-9-6-11(16)3-4-13(9)17-8-10-2-5-14(18)12(15)7-10/h2-7,17-18H,8H2,1H3. The zero-order valence-electron chi connectivity index (χ0n) is 9.87. The number of rotatable bonds is 3. The van der Waals surface area contributed by atoms with Crippen LogP contribution in [0.4, 0.5) is 5.69 Å². The Hall–Kier alpha value is -1.19. The van der Waals surface area contributed by atoms with E-state index in [1.54, 1.807) is 6.07 Å². The van der Waals surface area contributed by atoms with Crippen LogP contribution < -0.4 is 5.32 Å². The fourth-order valence-corrected chi connectivity index (χ4v) is 2.34. The minimum atomic E-state index is 0.251. The van der Waals surface area contributed by atoms with E-state index in [0.717, 1.165) is 21.8 Å². The summed E-state index contributed by atoms with van der Waals surface area (Å²) in [5.74, 6) is 0.251. The van der Waals surface area contributed by atoms with E-state index in [-0.39, 0.29) is 5.75 Å². The van der Waals surface area contributed by atoms with Crippen molar-refractivity contribution in [2.45, 2.75) is 13.5 Å². The van der Waals surface area contributed by atoms with E-state index in [0.29, 0.717) is 11.0 Å². The van der Waals surface area contributed by atoms with Gasteiger partial charge in [-0.05, 0) is 64.3 Å². The van der Waals surface area contributed by atoms with E-state index in [4.69, 9.17) is 11.6 Å². The molecule has 0 radical (unpaired) electrons. The van der Waals surface area contributed by atoms with E-state index in [9.17, 15) is 5.11 Å². The molecule has 0 aromatic heterocycles. The van der Waals surface area contributed by atoms with Crippen molar-refractivity contribution in [2.24, 2.45) is 0 Å². The molecule has 18 heavy (non-hydrogen) atoms. The first kappa shape index (κ1) is 13.2. The van der Waals surface area contributed by atoms with Crippen LogP contribution in [-0.2, 0) is 6.54 Å². The molecular formula is C14H13BrClNO. The molecule has 0 aliphatic heterocycles. The topological polar surface area (TPSA) is 32.3 Å². The number of hydrogen-bond acceptors (Lipinski definition) is 2. The highest BCUT2D eigenvalue weighted by atomic mass is 79.9. The van der Waals surface area contributed by atoms with Gasteiger partial charge in [0.15, 0.2) is 0 Å². The Morgan fingerprint density at radius 2 is 2.00 bits per heavy atom. The summed E-state index contributed by atoms with van der Waals surface area (Å²) in [7, 11) is 0. The molecule has 2 rings (SSSR count). The van der Waals surface area contributed by atoms with Crippen LogP contribution in [0.2, 0.25) is 5.02 Å². The van der Waals surface area contributed by atoms with Crippen LogP contribution in [0.1, 0.15) is 11.1 Å². The van der Waals surface area contributed by atoms with Crippen molar-refractivity contribution in [1.29, 1.82) is 0 Å². The second kappa shape index (κ2) is 5.63. The molecular weight excluding hydrogens is 314 g/mol. The van der Waals surface area contributed by atoms with Gasteiger partial charge >= 0.3 is 0 Å². The average molecular weight is 327 g/mol. The van der Waals surface area contributed by atoms with Gasteiger partial charge in [-0.2, -0.15) is 0 Å². The first-order valence-electron chi connectivity index (χ1n) is 5.53. The monoisotopic (exact) mass is 325 g/mol. The lowest BCUT2D eigenvalue weighted by molar-refractivity contribution is 0.471. The van der Waals surface area contributed by atoms with E-state index < -0.39 is 0 Å². The van der Waals surface area contributed by atoms with Crippen molar-refractivity contribution in [1.82, 2.24) is 0 Å². The van der Waals surface area contributed by atoms with Crippen LogP contribution in [0.15, 0.2) is 40.9 Å². The number of anilines is 1. The van der Waals surface area contributed by atoms with E-state index in [1.807, 2.05) is 37.3 Å². The van der Waals surface area contributed by atoms with Crippen molar-refractivity contribution in [2.75, 3.05) is 5.32 Å². The van der Waals surface area contributed by atoms with Crippen LogP contribution in [0, 0.1) is 6.92 Å². The van der Waals surface area contributed by atoms with Crippen molar-refractivity contribution in [3.05, 3.63) is 57.0 Å². The SMILES string of the molecule is Cc1cc(Cl)ccc1NCc1ccc(O)c(Br)c1. The first-order valence-corrected chi connectivity index (χ1v) is 6.71. The van der Waals surface area contributed by atoms with Gasteiger partial charge in [0, 0.05) is 17.3 Å². The summed E-state index contributed by atoms with van der Waals surface area (Å²) >= 11 is 9.21. The van der Waals surface area contributed by atoms with Crippen LogP contribution in [0.25, 0.3) is 0 Å². The Labute approximate surface area is 120 Å². The van der Waals surface area contributed by atoms with Crippen molar-refractivity contribution in [3.8, 4) is 5.75 Å². The second-order valence-corrected chi connectivity index (χ2v) is 5.39. The molecule has 0 bridgehead atoms. The number of phenolic OH excluding ortho intramolecular Hbond substituents is 1. The van der Waals surface area contributed by atoms with Gasteiger partial charge in [-0.3, -0.25) is 0 Å². The normalized spacial score (nSPS) is 10.4. The number of halogens is 2. The number of hydrogen-bond donors (Lipinski definition) is 2. The fraction of sp³-hybridized carbons (Fsp3) is 0.143. The Bertz CT molecular complexity index is 572. The number of phenols is 1. The molecule has 0 unspecified atom stereocenters. The third-order valence-corrected chi connectivity index (χ3v) is 3.55. The highest BCUT2D eigenvalue weighted by Gasteiger charge is 2.02. The van der Waals surface area contributed by atoms with Gasteiger partial charge in [-0.1, -0.05) is 17.7 Å². The van der Waals surface area contributed by atoms with Crippen molar-refractivity contribution in [3.63, 3.8) is 0 Å². The van der Waals surface area contributed by atoms with Gasteiger partial charge in [-0.15, -0.1) is 0 Å². The molecule has 4 heteroatoms. The molecule has 94 valence electrons. The summed E-state index contributed by atoms with van der Waals surface area (Å²) < 4.78 is 0.703. The number of nitrogens with one attached hydrogen (secondary N) is 1. The van der Waals surface area contributed by atoms with Gasteiger partial charge in [0.25, 0.3) is 0 Å². The van der Waals surface area contributed by atoms with Crippen LogP contribution in [0.5, 0.6) is 5.75 Å². The first-order chi connectivity index (χ1) is 8.56. The predicted octanol–water partition coefficient (Wildman–Crippen LogP) is 4.73. The van der Waals surface area contributed by atoms with E-state index in [1.165, 1.54) is 0 Å². The highest BCUT2D eigenvalue weighted by molar-refractivity contribution is 9.10. The van der Waals surface area contributed by atoms with E-state index in [2.05, 4.69) is 21.2 Å². The Morgan fingerprint density at radius 1 is 1.22 bits per heavy atom. The van der Waals surface area contributed by atoms with Gasteiger partial charge in [-0.25, -0.2) is 0 Å². The van der Waals surface area contributed by atoms with Crippen molar-refractivity contribution >= 4 is 33.2 Å². The lowest BCUT2D eigenvalue weighted by atomic mass is 10.1. The maximum absolute atomic E-state index is 9.42. The Balaban J connectivity index is 2.09. The molecule has 0 aliphatic rings. The average Bonchev–Trinajstić information content (AvgIpc) is 2.32. The third kappa shape index (κ3) is 3.18. The molecule has 0 atom stereocenters. The molecule has 0 spiro atoms. The molecule has 2 aromatic carbocycles. The molecule has 2 nitrogen and oxygen atoms in total. The summed E-state index contributed by atoms with van der Waals surface area (Å²) in [4.78, 5) is 0. The maximum atomic E-state index is 9.42. The maximum Gasteiger partial charge on any atom is 0.129 e. The smallest absolute Gasteiger partial charge is 0.129 e. The number of aryl methyl sites for hydroxylation is 1. The largest absolute Gasteiger partial charge is 0.507 e. The van der Waals surface area contributed by atoms with Gasteiger partial charge in [0.2, 0.25) is 0 Å². The molecule has 2 aromatic rings. The molecule has 0 fully saturated rings. The minimum absolute atomic E-state index is 0.251. The minimum Gasteiger partial charge on any atom is -0.507 e. The van der Waals surface area contributed by atoms with Crippen LogP contribution in [-0.4, -0.2) is 5.11 Å². The third-order valence-electron chi connectivity index (χ3n) is 2.68. The molecule has 0 heterocycles.